The van der Waals surface area contributed by atoms with Gasteiger partial charge in [-0.3, -0.25) is 4.90 Å². The molecule has 0 amide bonds. The summed E-state index contributed by atoms with van der Waals surface area (Å²) in [5.41, 5.74) is 0.0391. The number of ether oxygens (including phenoxy) is 1. The van der Waals surface area contributed by atoms with E-state index in [9.17, 15) is 9.90 Å². The first-order valence-corrected chi connectivity index (χ1v) is 7.73. The number of esters is 1. The highest BCUT2D eigenvalue weighted by atomic mass is 32.1. The van der Waals surface area contributed by atoms with Gasteiger partial charge in [0.15, 0.2) is 10.8 Å². The molecule has 118 valence electrons. The molecule has 2 aliphatic rings. The normalized spacial score (nSPS) is 29.8. The van der Waals surface area contributed by atoms with Gasteiger partial charge in [-0.1, -0.05) is 12.1 Å². The minimum absolute atomic E-state index is 0.208. The molecule has 2 aliphatic heterocycles. The van der Waals surface area contributed by atoms with E-state index in [1.165, 1.54) is 0 Å². The van der Waals surface area contributed by atoms with Gasteiger partial charge < -0.3 is 15.2 Å². The van der Waals surface area contributed by atoms with E-state index in [0.717, 1.165) is 5.56 Å². The van der Waals surface area contributed by atoms with E-state index in [0.29, 0.717) is 18.0 Å². The number of thiocarbonyl (C=S) groups is 1. The lowest BCUT2D eigenvalue weighted by molar-refractivity contribution is -0.153. The first kappa shape index (κ1) is 15.1. The third kappa shape index (κ3) is 2.52. The standard InChI is InChI=1S/C16H20N2O3S/c1-15(2)9-16(3)18(14(22)17-15)12(13(20)21-16)8-10-4-6-11(19)7-5-10/h4-7,12,19H,8-9H2,1-3H3,(H,17,22)/t12-,16-/m1/s1. The summed E-state index contributed by atoms with van der Waals surface area (Å²) in [5, 5.41) is 13.2. The number of fused-ring (bicyclic) bond motifs is 1. The summed E-state index contributed by atoms with van der Waals surface area (Å²) >= 11 is 5.47. The Labute approximate surface area is 135 Å². The van der Waals surface area contributed by atoms with E-state index in [1.54, 1.807) is 12.1 Å². The molecule has 0 unspecified atom stereocenters. The lowest BCUT2D eigenvalue weighted by Crippen LogP contribution is -2.66. The van der Waals surface area contributed by atoms with Crippen molar-refractivity contribution in [2.75, 3.05) is 0 Å². The Balaban J connectivity index is 1.88. The molecule has 2 fully saturated rings. The first-order valence-electron chi connectivity index (χ1n) is 7.32. The van der Waals surface area contributed by atoms with E-state index < -0.39 is 11.8 Å². The average molecular weight is 320 g/mol. The average Bonchev–Trinajstić information content (AvgIpc) is 2.61. The Kier molecular flexibility index (Phi) is 3.32. The van der Waals surface area contributed by atoms with Crippen LogP contribution in [0.3, 0.4) is 0 Å². The van der Waals surface area contributed by atoms with Gasteiger partial charge in [0.05, 0.1) is 0 Å². The molecule has 2 saturated heterocycles. The van der Waals surface area contributed by atoms with Crippen LogP contribution in [0.2, 0.25) is 0 Å². The fraction of sp³-hybridized carbons (Fsp3) is 0.500. The van der Waals surface area contributed by atoms with Crippen LogP contribution in [-0.2, 0) is 16.0 Å². The number of carbonyl (C=O) groups excluding carboxylic acids is 1. The minimum Gasteiger partial charge on any atom is -0.508 e. The topological polar surface area (TPSA) is 61.8 Å². The van der Waals surface area contributed by atoms with Gasteiger partial charge in [0, 0.05) is 18.4 Å². The zero-order chi connectivity index (χ0) is 16.1. The van der Waals surface area contributed by atoms with Gasteiger partial charge in [0.2, 0.25) is 0 Å². The molecular formula is C16H20N2O3S. The fourth-order valence-electron chi connectivity index (χ4n) is 3.49. The molecule has 0 aromatic heterocycles. The summed E-state index contributed by atoms with van der Waals surface area (Å²) in [5.74, 6) is -0.0445. The van der Waals surface area contributed by atoms with Gasteiger partial charge in [-0.2, -0.15) is 0 Å². The SMILES string of the molecule is CC1(C)C[C@@]2(C)OC(=O)[C@@H](Cc3ccc(O)cc3)N2C(=S)N1. The molecule has 0 radical (unpaired) electrons. The zero-order valence-electron chi connectivity index (χ0n) is 12.9. The van der Waals surface area contributed by atoms with Gasteiger partial charge in [0.25, 0.3) is 0 Å². The maximum Gasteiger partial charge on any atom is 0.331 e. The molecule has 6 heteroatoms. The molecule has 22 heavy (non-hydrogen) atoms. The second-order valence-corrected chi connectivity index (χ2v) is 7.23. The molecular weight excluding hydrogens is 300 g/mol. The lowest BCUT2D eigenvalue weighted by atomic mass is 9.89. The van der Waals surface area contributed by atoms with Crippen molar-refractivity contribution in [2.45, 2.75) is 50.9 Å². The number of rotatable bonds is 2. The summed E-state index contributed by atoms with van der Waals surface area (Å²) in [6.45, 7) is 6.00. The van der Waals surface area contributed by atoms with Gasteiger partial charge in [0.1, 0.15) is 11.8 Å². The molecule has 5 nitrogen and oxygen atoms in total. The van der Waals surface area contributed by atoms with Gasteiger partial charge in [-0.15, -0.1) is 0 Å². The summed E-state index contributed by atoms with van der Waals surface area (Å²) < 4.78 is 5.68. The Hall–Kier alpha value is -1.82. The molecule has 1 aromatic carbocycles. The number of hydrogen-bond donors (Lipinski definition) is 2. The highest BCUT2D eigenvalue weighted by Gasteiger charge is 2.56. The van der Waals surface area contributed by atoms with Crippen LogP contribution in [0.15, 0.2) is 24.3 Å². The molecule has 0 spiro atoms. The Bertz CT molecular complexity index is 629. The maximum absolute atomic E-state index is 12.4. The minimum atomic E-state index is -0.704. The summed E-state index contributed by atoms with van der Waals surface area (Å²) in [6, 6.07) is 6.41. The third-order valence-corrected chi connectivity index (χ3v) is 4.51. The number of phenolic OH excluding ortho intramolecular Hbond substituents is 1. The van der Waals surface area contributed by atoms with Gasteiger partial charge in [-0.05, 0) is 50.7 Å². The van der Waals surface area contributed by atoms with Crippen molar-refractivity contribution in [3.63, 3.8) is 0 Å². The quantitative estimate of drug-likeness (QED) is 0.641. The van der Waals surface area contributed by atoms with Gasteiger partial charge >= 0.3 is 5.97 Å². The van der Waals surface area contributed by atoms with Crippen LogP contribution in [0.4, 0.5) is 0 Å². The lowest BCUT2D eigenvalue weighted by Gasteiger charge is -2.48. The van der Waals surface area contributed by atoms with Crippen LogP contribution in [0.1, 0.15) is 32.8 Å². The van der Waals surface area contributed by atoms with E-state index in [-0.39, 0.29) is 17.3 Å². The third-order valence-electron chi connectivity index (χ3n) is 4.21. The number of aromatic hydroxyl groups is 1. The summed E-state index contributed by atoms with van der Waals surface area (Å²) in [7, 11) is 0. The van der Waals surface area contributed by atoms with Crippen LogP contribution in [0, 0.1) is 0 Å². The molecule has 0 aliphatic carbocycles. The molecule has 2 heterocycles. The zero-order valence-corrected chi connectivity index (χ0v) is 13.7. The van der Waals surface area contributed by atoms with E-state index in [2.05, 4.69) is 5.32 Å². The molecule has 3 rings (SSSR count). The van der Waals surface area contributed by atoms with Crippen molar-refractivity contribution in [1.82, 2.24) is 10.2 Å². The highest BCUT2D eigenvalue weighted by Crippen LogP contribution is 2.40. The van der Waals surface area contributed by atoms with Crippen LogP contribution in [0.25, 0.3) is 0 Å². The fourth-order valence-corrected chi connectivity index (χ4v) is 4.09. The predicted octanol–water partition coefficient (Wildman–Crippen LogP) is 1.94. The Morgan fingerprint density at radius 2 is 2.00 bits per heavy atom. The van der Waals surface area contributed by atoms with Crippen molar-refractivity contribution in [3.8, 4) is 5.75 Å². The monoisotopic (exact) mass is 320 g/mol. The first-order chi connectivity index (χ1) is 10.2. The van der Waals surface area contributed by atoms with Crippen molar-refractivity contribution in [2.24, 2.45) is 0 Å². The van der Waals surface area contributed by atoms with Crippen LogP contribution < -0.4 is 5.32 Å². The number of hydrogen-bond acceptors (Lipinski definition) is 4. The molecule has 2 N–H and O–H groups in total. The molecule has 1 aromatic rings. The van der Waals surface area contributed by atoms with Crippen LogP contribution >= 0.6 is 12.2 Å². The second-order valence-electron chi connectivity index (χ2n) is 6.84. The number of carbonyl (C=O) groups is 1. The van der Waals surface area contributed by atoms with Crippen molar-refractivity contribution < 1.29 is 14.6 Å². The van der Waals surface area contributed by atoms with Crippen molar-refractivity contribution in [1.29, 1.82) is 0 Å². The maximum atomic E-state index is 12.4. The van der Waals surface area contributed by atoms with Crippen molar-refractivity contribution >= 4 is 23.3 Å². The smallest absolute Gasteiger partial charge is 0.331 e. The predicted molar refractivity (Wildman–Crippen MR) is 86.4 cm³/mol. The second kappa shape index (κ2) is 4.84. The van der Waals surface area contributed by atoms with Crippen LogP contribution in [0.5, 0.6) is 5.75 Å². The van der Waals surface area contributed by atoms with Crippen LogP contribution in [-0.4, -0.2) is 38.4 Å². The summed E-state index contributed by atoms with van der Waals surface area (Å²) in [6.07, 6.45) is 1.16. The Morgan fingerprint density at radius 3 is 2.64 bits per heavy atom. The number of phenols is 1. The largest absolute Gasteiger partial charge is 0.508 e. The summed E-state index contributed by atoms with van der Waals surface area (Å²) in [4.78, 5) is 14.3. The molecule has 0 saturated carbocycles. The van der Waals surface area contributed by atoms with Gasteiger partial charge in [-0.25, -0.2) is 4.79 Å². The molecule has 0 bridgehead atoms. The highest BCUT2D eigenvalue weighted by molar-refractivity contribution is 7.80. The van der Waals surface area contributed by atoms with E-state index in [4.69, 9.17) is 17.0 Å². The number of nitrogens with zero attached hydrogens (tertiary/aromatic N) is 1. The number of benzene rings is 1. The molecule has 2 atom stereocenters. The van der Waals surface area contributed by atoms with E-state index in [1.807, 2.05) is 37.8 Å². The van der Waals surface area contributed by atoms with E-state index >= 15 is 0 Å². The Morgan fingerprint density at radius 1 is 1.36 bits per heavy atom. The van der Waals surface area contributed by atoms with Crippen molar-refractivity contribution in [3.05, 3.63) is 29.8 Å². The number of nitrogens with one attached hydrogen (secondary N) is 1.